The molecule has 0 spiro atoms. The number of hydrogen-bond donors (Lipinski definition) is 1. The predicted molar refractivity (Wildman–Crippen MR) is 78.8 cm³/mol. The van der Waals surface area contributed by atoms with Crippen molar-refractivity contribution in [1.82, 2.24) is 4.90 Å². The number of halogens is 1. The topological polar surface area (TPSA) is 29.3 Å². The van der Waals surface area contributed by atoms with E-state index in [4.69, 9.17) is 17.3 Å². The second kappa shape index (κ2) is 7.98. The molecule has 2 N–H and O–H groups in total. The van der Waals surface area contributed by atoms with Gasteiger partial charge in [-0.05, 0) is 43.2 Å². The summed E-state index contributed by atoms with van der Waals surface area (Å²) in [6, 6.07) is 8.47. The van der Waals surface area contributed by atoms with Crippen LogP contribution in [0.5, 0.6) is 0 Å². The fraction of sp³-hybridized carbons (Fsp3) is 0.538. The van der Waals surface area contributed by atoms with Gasteiger partial charge in [-0.3, -0.25) is 4.90 Å². The number of nitrogens with two attached hydrogens (primary N) is 1. The average Bonchev–Trinajstić information content (AvgIpc) is 2.33. The molecular weight excluding hydrogens is 252 g/mol. The Balaban J connectivity index is 2.51. The van der Waals surface area contributed by atoms with E-state index in [9.17, 15) is 0 Å². The minimum atomic E-state index is 0.457. The van der Waals surface area contributed by atoms with E-state index in [1.54, 1.807) is 0 Å². The lowest BCUT2D eigenvalue weighted by Crippen LogP contribution is -2.37. The molecule has 0 saturated heterocycles. The zero-order chi connectivity index (χ0) is 12.7. The van der Waals surface area contributed by atoms with Crippen molar-refractivity contribution < 1.29 is 0 Å². The first-order valence-electron chi connectivity index (χ1n) is 5.81. The van der Waals surface area contributed by atoms with Crippen LogP contribution in [-0.4, -0.2) is 36.5 Å². The Morgan fingerprint density at radius 2 is 2.00 bits per heavy atom. The smallest absolute Gasteiger partial charge is 0.0406 e. The fourth-order valence-corrected chi connectivity index (χ4v) is 2.41. The molecule has 2 nitrogen and oxygen atoms in total. The van der Waals surface area contributed by atoms with Crippen molar-refractivity contribution in [2.45, 2.75) is 19.0 Å². The van der Waals surface area contributed by atoms with E-state index in [0.29, 0.717) is 12.6 Å². The van der Waals surface area contributed by atoms with Gasteiger partial charge in [-0.2, -0.15) is 11.8 Å². The Morgan fingerprint density at radius 3 is 2.53 bits per heavy atom. The summed E-state index contributed by atoms with van der Waals surface area (Å²) in [6.07, 6.45) is 3.27. The van der Waals surface area contributed by atoms with Crippen LogP contribution >= 0.6 is 23.4 Å². The Kier molecular flexibility index (Phi) is 6.97. The largest absolute Gasteiger partial charge is 0.329 e. The summed E-state index contributed by atoms with van der Waals surface area (Å²) < 4.78 is 0. The molecule has 0 saturated carbocycles. The summed E-state index contributed by atoms with van der Waals surface area (Å²) in [5, 5.41) is 0.786. The highest BCUT2D eigenvalue weighted by molar-refractivity contribution is 7.98. The molecule has 0 aliphatic rings. The molecule has 0 radical (unpaired) electrons. The van der Waals surface area contributed by atoms with Gasteiger partial charge in [-0.25, -0.2) is 0 Å². The molecule has 0 bridgehead atoms. The van der Waals surface area contributed by atoms with Crippen molar-refractivity contribution in [2.75, 3.05) is 25.6 Å². The summed E-state index contributed by atoms with van der Waals surface area (Å²) in [5.74, 6) is 1.16. The number of nitrogens with zero attached hydrogens (tertiary/aromatic N) is 1. The standard InChI is InChI=1S/C13H21ClN2S/c1-16(13(9-15)7-8-17-2)10-11-3-5-12(14)6-4-11/h3-6,13H,7-10,15H2,1-2H3. The molecule has 0 amide bonds. The van der Waals surface area contributed by atoms with E-state index in [0.717, 1.165) is 23.7 Å². The van der Waals surface area contributed by atoms with Gasteiger partial charge in [0, 0.05) is 24.2 Å². The first-order valence-corrected chi connectivity index (χ1v) is 7.58. The van der Waals surface area contributed by atoms with E-state index in [-0.39, 0.29) is 0 Å². The maximum Gasteiger partial charge on any atom is 0.0406 e. The van der Waals surface area contributed by atoms with Crippen LogP contribution in [-0.2, 0) is 6.54 Å². The van der Waals surface area contributed by atoms with Gasteiger partial charge in [0.15, 0.2) is 0 Å². The highest BCUT2D eigenvalue weighted by atomic mass is 35.5. The number of benzene rings is 1. The molecule has 1 aromatic rings. The number of thioether (sulfide) groups is 1. The Hall–Kier alpha value is -0.220. The van der Waals surface area contributed by atoms with Crippen LogP contribution in [0.4, 0.5) is 0 Å². The van der Waals surface area contributed by atoms with E-state index < -0.39 is 0 Å². The van der Waals surface area contributed by atoms with Gasteiger partial charge >= 0.3 is 0 Å². The molecule has 0 aliphatic carbocycles. The molecule has 96 valence electrons. The molecule has 0 heterocycles. The molecule has 1 atom stereocenters. The Labute approximate surface area is 114 Å². The lowest BCUT2D eigenvalue weighted by atomic mass is 10.1. The fourth-order valence-electron chi connectivity index (χ4n) is 1.78. The van der Waals surface area contributed by atoms with Gasteiger partial charge in [-0.15, -0.1) is 0 Å². The Bertz CT molecular complexity index is 316. The van der Waals surface area contributed by atoms with Crippen LogP contribution < -0.4 is 5.73 Å². The van der Waals surface area contributed by atoms with Crippen LogP contribution in [0.1, 0.15) is 12.0 Å². The minimum absolute atomic E-state index is 0.457. The maximum atomic E-state index is 5.87. The van der Waals surface area contributed by atoms with Gasteiger partial charge in [0.25, 0.3) is 0 Å². The van der Waals surface area contributed by atoms with E-state index in [1.807, 2.05) is 23.9 Å². The highest BCUT2D eigenvalue weighted by Gasteiger charge is 2.12. The second-order valence-electron chi connectivity index (χ2n) is 4.21. The van der Waals surface area contributed by atoms with Crippen molar-refractivity contribution in [2.24, 2.45) is 5.73 Å². The van der Waals surface area contributed by atoms with Crippen molar-refractivity contribution in [3.05, 3.63) is 34.9 Å². The van der Waals surface area contributed by atoms with E-state index in [2.05, 4.69) is 30.3 Å². The summed E-state index contributed by atoms with van der Waals surface area (Å²) in [4.78, 5) is 2.32. The van der Waals surface area contributed by atoms with Crippen LogP contribution in [0.2, 0.25) is 5.02 Å². The normalized spacial score (nSPS) is 13.0. The number of rotatable bonds is 7. The summed E-state index contributed by atoms with van der Waals surface area (Å²) in [7, 11) is 2.13. The quantitative estimate of drug-likeness (QED) is 0.828. The van der Waals surface area contributed by atoms with Gasteiger partial charge in [0.1, 0.15) is 0 Å². The lowest BCUT2D eigenvalue weighted by Gasteiger charge is -2.26. The molecule has 1 rings (SSSR count). The van der Waals surface area contributed by atoms with Crippen LogP contribution in [0.25, 0.3) is 0 Å². The molecule has 0 aromatic heterocycles. The van der Waals surface area contributed by atoms with Crippen molar-refractivity contribution in [3.8, 4) is 0 Å². The van der Waals surface area contributed by atoms with Gasteiger partial charge in [-0.1, -0.05) is 23.7 Å². The lowest BCUT2D eigenvalue weighted by molar-refractivity contribution is 0.234. The molecule has 17 heavy (non-hydrogen) atoms. The summed E-state index contributed by atoms with van der Waals surface area (Å²) >= 11 is 7.74. The zero-order valence-corrected chi connectivity index (χ0v) is 12.1. The number of hydrogen-bond acceptors (Lipinski definition) is 3. The summed E-state index contributed by atoms with van der Waals surface area (Å²) in [6.45, 7) is 1.64. The molecular formula is C13H21ClN2S. The maximum absolute atomic E-state index is 5.87. The van der Waals surface area contributed by atoms with Crippen LogP contribution in [0, 0.1) is 0 Å². The molecule has 0 aliphatic heterocycles. The van der Waals surface area contributed by atoms with E-state index >= 15 is 0 Å². The summed E-state index contributed by atoms with van der Waals surface area (Å²) in [5.41, 5.74) is 7.10. The first-order chi connectivity index (χ1) is 8.17. The van der Waals surface area contributed by atoms with Crippen LogP contribution in [0.15, 0.2) is 24.3 Å². The predicted octanol–water partition coefficient (Wildman–Crippen LogP) is 2.85. The van der Waals surface area contributed by atoms with Crippen molar-refractivity contribution >= 4 is 23.4 Å². The van der Waals surface area contributed by atoms with Crippen molar-refractivity contribution in [3.63, 3.8) is 0 Å². The van der Waals surface area contributed by atoms with Gasteiger partial charge in [0.2, 0.25) is 0 Å². The van der Waals surface area contributed by atoms with Gasteiger partial charge < -0.3 is 5.73 Å². The van der Waals surface area contributed by atoms with Crippen LogP contribution in [0.3, 0.4) is 0 Å². The molecule has 4 heteroatoms. The van der Waals surface area contributed by atoms with Crippen molar-refractivity contribution in [1.29, 1.82) is 0 Å². The van der Waals surface area contributed by atoms with E-state index in [1.165, 1.54) is 5.56 Å². The average molecular weight is 273 g/mol. The molecule has 1 aromatic carbocycles. The first kappa shape index (κ1) is 14.8. The zero-order valence-electron chi connectivity index (χ0n) is 10.5. The third-order valence-corrected chi connectivity index (χ3v) is 3.79. The SMILES string of the molecule is CSCCC(CN)N(C)Cc1ccc(Cl)cc1. The van der Waals surface area contributed by atoms with Gasteiger partial charge in [0.05, 0.1) is 0 Å². The minimum Gasteiger partial charge on any atom is -0.329 e. The monoisotopic (exact) mass is 272 g/mol. The Morgan fingerprint density at radius 1 is 1.35 bits per heavy atom. The second-order valence-corrected chi connectivity index (χ2v) is 5.63. The third-order valence-electron chi connectivity index (χ3n) is 2.90. The third kappa shape index (κ3) is 5.30. The molecule has 1 unspecified atom stereocenters. The highest BCUT2D eigenvalue weighted by Crippen LogP contribution is 2.13. The molecule has 0 fully saturated rings. The number of likely N-dealkylation sites (N-methyl/N-ethyl adjacent to an activating group) is 1.